The van der Waals surface area contributed by atoms with Crippen LogP contribution in [0, 0.1) is 10.5 Å². The topological polar surface area (TPSA) is 9.23 Å². The van der Waals surface area contributed by atoms with Crippen LogP contribution in [-0.4, -0.2) is 6.61 Å². The second-order valence-corrected chi connectivity index (χ2v) is 6.07. The van der Waals surface area contributed by atoms with Crippen molar-refractivity contribution in [3.05, 3.63) is 62.7 Å². The second kappa shape index (κ2) is 6.62. The second-order valence-electron chi connectivity index (χ2n) is 4.39. The molecule has 2 aromatic rings. The Balaban J connectivity index is 2.39. The fourth-order valence-corrected chi connectivity index (χ4v) is 2.64. The number of alkyl halides is 1. The lowest BCUT2D eigenvalue weighted by atomic mass is 10.0. The molecule has 0 amide bonds. The molecule has 0 aromatic heterocycles. The monoisotopic (exact) mass is 386 g/mol. The van der Waals surface area contributed by atoms with E-state index in [1.54, 1.807) is 0 Å². The minimum absolute atomic E-state index is 0.182. The van der Waals surface area contributed by atoms with Crippen LogP contribution in [0.3, 0.4) is 0 Å². The smallest absolute Gasteiger partial charge is 0.124 e. The van der Waals surface area contributed by atoms with Crippen molar-refractivity contribution in [1.82, 2.24) is 0 Å². The molecule has 0 aliphatic carbocycles. The van der Waals surface area contributed by atoms with Gasteiger partial charge >= 0.3 is 0 Å². The van der Waals surface area contributed by atoms with Crippen LogP contribution < -0.4 is 4.74 Å². The summed E-state index contributed by atoms with van der Waals surface area (Å²) >= 11 is 8.91. The summed E-state index contributed by atoms with van der Waals surface area (Å²) in [5.74, 6) is 0.867. The highest BCUT2D eigenvalue weighted by Gasteiger charge is 2.16. The van der Waals surface area contributed by atoms with E-state index >= 15 is 0 Å². The molecule has 2 rings (SSSR count). The largest absolute Gasteiger partial charge is 0.494 e. The van der Waals surface area contributed by atoms with Crippen molar-refractivity contribution in [1.29, 1.82) is 0 Å². The van der Waals surface area contributed by atoms with E-state index in [0.29, 0.717) is 6.61 Å². The number of aryl methyl sites for hydroxylation is 1. The quantitative estimate of drug-likeness (QED) is 0.510. The number of hydrogen-bond acceptors (Lipinski definition) is 1. The molecule has 0 heterocycles. The first-order valence-electron chi connectivity index (χ1n) is 6.24. The average Bonchev–Trinajstić information content (AvgIpc) is 2.41. The summed E-state index contributed by atoms with van der Waals surface area (Å²) in [5, 5.41) is -0.182. The summed E-state index contributed by atoms with van der Waals surface area (Å²) in [6.07, 6.45) is 0. The SMILES string of the molecule is CCOc1ccc(C)cc1C(Cl)c1ccc(I)cc1. The lowest BCUT2D eigenvalue weighted by molar-refractivity contribution is 0.337. The first-order chi connectivity index (χ1) is 9.11. The third-order valence-corrected chi connectivity index (χ3v) is 4.11. The zero-order chi connectivity index (χ0) is 13.8. The number of rotatable bonds is 4. The highest BCUT2D eigenvalue weighted by molar-refractivity contribution is 14.1. The van der Waals surface area contributed by atoms with Gasteiger partial charge < -0.3 is 4.74 Å². The summed E-state index contributed by atoms with van der Waals surface area (Å²) < 4.78 is 6.88. The molecule has 0 fully saturated rings. The molecule has 0 bridgehead atoms. The molecule has 1 unspecified atom stereocenters. The predicted molar refractivity (Wildman–Crippen MR) is 89.2 cm³/mol. The fraction of sp³-hybridized carbons (Fsp3) is 0.250. The van der Waals surface area contributed by atoms with Gasteiger partial charge in [-0.15, -0.1) is 11.6 Å². The molecule has 0 aliphatic heterocycles. The third-order valence-electron chi connectivity index (χ3n) is 2.90. The van der Waals surface area contributed by atoms with Crippen molar-refractivity contribution in [3.8, 4) is 5.75 Å². The van der Waals surface area contributed by atoms with Crippen LogP contribution in [0.15, 0.2) is 42.5 Å². The first-order valence-corrected chi connectivity index (χ1v) is 7.76. The molecule has 3 heteroatoms. The van der Waals surface area contributed by atoms with Gasteiger partial charge in [0.2, 0.25) is 0 Å². The van der Waals surface area contributed by atoms with Gasteiger partial charge in [-0.25, -0.2) is 0 Å². The van der Waals surface area contributed by atoms with Crippen molar-refractivity contribution in [2.75, 3.05) is 6.61 Å². The van der Waals surface area contributed by atoms with Crippen LogP contribution in [0.4, 0.5) is 0 Å². The fourth-order valence-electron chi connectivity index (χ4n) is 1.96. The van der Waals surface area contributed by atoms with E-state index in [1.165, 1.54) is 9.13 Å². The maximum absolute atomic E-state index is 6.61. The molecule has 1 atom stereocenters. The Bertz CT molecular complexity index is 551. The summed E-state index contributed by atoms with van der Waals surface area (Å²) in [4.78, 5) is 0. The average molecular weight is 387 g/mol. The van der Waals surface area contributed by atoms with Gasteiger partial charge in [0.15, 0.2) is 0 Å². The van der Waals surface area contributed by atoms with E-state index in [2.05, 4.69) is 59.8 Å². The van der Waals surface area contributed by atoms with Gasteiger partial charge in [0, 0.05) is 9.13 Å². The van der Waals surface area contributed by atoms with Gasteiger partial charge in [0.1, 0.15) is 5.75 Å². The third kappa shape index (κ3) is 3.63. The Hall–Kier alpha value is -0.740. The van der Waals surface area contributed by atoms with E-state index in [1.807, 2.05) is 19.1 Å². The molecule has 1 nitrogen and oxygen atoms in total. The van der Waals surface area contributed by atoms with Crippen molar-refractivity contribution in [3.63, 3.8) is 0 Å². The summed E-state index contributed by atoms with van der Waals surface area (Å²) in [7, 11) is 0. The minimum atomic E-state index is -0.182. The summed E-state index contributed by atoms with van der Waals surface area (Å²) in [6.45, 7) is 4.70. The molecule has 0 spiro atoms. The van der Waals surface area contributed by atoms with Crippen LogP contribution in [-0.2, 0) is 0 Å². The Morgan fingerprint density at radius 1 is 1.16 bits per heavy atom. The number of ether oxygens (including phenoxy) is 1. The zero-order valence-corrected chi connectivity index (χ0v) is 13.9. The van der Waals surface area contributed by atoms with Gasteiger partial charge in [-0.05, 0) is 60.2 Å². The Labute approximate surface area is 133 Å². The minimum Gasteiger partial charge on any atom is -0.494 e. The standard InChI is InChI=1S/C16H16ClIO/c1-3-19-15-9-4-11(2)10-14(15)16(17)12-5-7-13(18)8-6-12/h4-10,16H,3H2,1-2H3. The molecule has 19 heavy (non-hydrogen) atoms. The van der Waals surface area contributed by atoms with E-state index in [9.17, 15) is 0 Å². The molecule has 0 aliphatic rings. The molecule has 0 radical (unpaired) electrons. The molecular formula is C16H16ClIO. The summed E-state index contributed by atoms with van der Waals surface area (Å²) in [5.41, 5.74) is 3.31. The van der Waals surface area contributed by atoms with E-state index in [0.717, 1.165) is 16.9 Å². The molecule has 0 saturated heterocycles. The molecule has 100 valence electrons. The highest BCUT2D eigenvalue weighted by atomic mass is 127. The Kier molecular flexibility index (Phi) is 5.11. The Morgan fingerprint density at radius 2 is 1.84 bits per heavy atom. The molecule has 0 N–H and O–H groups in total. The zero-order valence-electron chi connectivity index (χ0n) is 11.0. The number of benzene rings is 2. The van der Waals surface area contributed by atoms with Crippen LogP contribution in [0.1, 0.15) is 29.0 Å². The highest BCUT2D eigenvalue weighted by Crippen LogP contribution is 2.35. The number of hydrogen-bond donors (Lipinski definition) is 0. The van der Waals surface area contributed by atoms with Crippen LogP contribution >= 0.6 is 34.2 Å². The van der Waals surface area contributed by atoms with E-state index in [4.69, 9.17) is 16.3 Å². The predicted octanol–water partition coefficient (Wildman–Crippen LogP) is 5.33. The maximum Gasteiger partial charge on any atom is 0.124 e. The van der Waals surface area contributed by atoms with Gasteiger partial charge in [0.25, 0.3) is 0 Å². The lowest BCUT2D eigenvalue weighted by Gasteiger charge is -2.16. The van der Waals surface area contributed by atoms with Crippen LogP contribution in [0.2, 0.25) is 0 Å². The first kappa shape index (κ1) is 14.7. The van der Waals surface area contributed by atoms with Gasteiger partial charge in [-0.1, -0.05) is 29.8 Å². The number of halogens is 2. The molecular weight excluding hydrogens is 371 g/mol. The van der Waals surface area contributed by atoms with Crippen LogP contribution in [0.5, 0.6) is 5.75 Å². The van der Waals surface area contributed by atoms with Gasteiger partial charge in [-0.2, -0.15) is 0 Å². The van der Waals surface area contributed by atoms with Crippen molar-refractivity contribution in [2.45, 2.75) is 19.2 Å². The van der Waals surface area contributed by atoms with Crippen molar-refractivity contribution in [2.24, 2.45) is 0 Å². The van der Waals surface area contributed by atoms with Gasteiger partial charge in [-0.3, -0.25) is 0 Å². The molecule has 0 saturated carbocycles. The maximum atomic E-state index is 6.61. The van der Waals surface area contributed by atoms with Crippen LogP contribution in [0.25, 0.3) is 0 Å². The van der Waals surface area contributed by atoms with Crippen molar-refractivity contribution < 1.29 is 4.74 Å². The normalized spacial score (nSPS) is 12.2. The lowest BCUT2D eigenvalue weighted by Crippen LogP contribution is -2.01. The van der Waals surface area contributed by atoms with Gasteiger partial charge in [0.05, 0.1) is 12.0 Å². The molecule has 2 aromatic carbocycles. The summed E-state index contributed by atoms with van der Waals surface area (Å²) in [6, 6.07) is 14.4. The van der Waals surface area contributed by atoms with E-state index < -0.39 is 0 Å². The van der Waals surface area contributed by atoms with E-state index in [-0.39, 0.29) is 5.38 Å². The Morgan fingerprint density at radius 3 is 2.47 bits per heavy atom. The van der Waals surface area contributed by atoms with Crippen molar-refractivity contribution >= 4 is 34.2 Å².